The molecule has 1 aliphatic rings. The predicted octanol–water partition coefficient (Wildman–Crippen LogP) is 4.03. The van der Waals surface area contributed by atoms with Gasteiger partial charge in [0.05, 0.1) is 55.0 Å². The summed E-state index contributed by atoms with van der Waals surface area (Å²) in [5, 5.41) is 15.3. The van der Waals surface area contributed by atoms with Crippen LogP contribution in [0.25, 0.3) is 11.0 Å². The van der Waals surface area contributed by atoms with Gasteiger partial charge in [0.2, 0.25) is 0 Å². The van der Waals surface area contributed by atoms with Crippen LogP contribution in [-0.2, 0) is 11.3 Å². The monoisotopic (exact) mass is 582 g/mol. The van der Waals surface area contributed by atoms with E-state index in [-0.39, 0.29) is 35.1 Å². The van der Waals surface area contributed by atoms with Crippen LogP contribution in [0.1, 0.15) is 34.8 Å². The Kier molecular flexibility index (Phi) is 9.94. The molecule has 9 nitrogen and oxygen atoms in total. The van der Waals surface area contributed by atoms with Crippen molar-refractivity contribution in [3.8, 4) is 23.7 Å². The maximum Gasteiger partial charge on any atom is 0.406 e. The number of imidazole rings is 1. The normalized spacial score (nSPS) is 17.3. The van der Waals surface area contributed by atoms with Crippen molar-refractivity contribution in [1.82, 2.24) is 19.8 Å². The molecule has 1 fully saturated rings. The minimum atomic E-state index is -4.47. The number of piperidine rings is 1. The lowest BCUT2D eigenvalue weighted by molar-refractivity contribution is -0.139. The number of alkyl halides is 3. The van der Waals surface area contributed by atoms with Gasteiger partial charge in [0.15, 0.2) is 0 Å². The number of fused-ring (bicyclic) bond motifs is 1. The number of carbonyl (C=O) groups is 1. The smallest absolute Gasteiger partial charge is 0.406 e. The summed E-state index contributed by atoms with van der Waals surface area (Å²) in [6.07, 6.45) is -2.63. The second-order valence-electron chi connectivity index (χ2n) is 10.2. The SMILES string of the molecule is COCCN1CC[C@H](NC(=O)c2cc(C#CCNc3cc(C#N)ccc3OC)cc3c2ncn3CC(F)(F)F)[C@@H](C)C1. The molecule has 2 N–H and O–H groups in total. The first-order chi connectivity index (χ1) is 20.1. The number of hydrogen-bond donors (Lipinski definition) is 2. The highest BCUT2D eigenvalue weighted by molar-refractivity contribution is 6.05. The Morgan fingerprint density at radius 3 is 2.71 bits per heavy atom. The molecular weight excluding hydrogens is 549 g/mol. The van der Waals surface area contributed by atoms with Crippen LogP contribution in [0.3, 0.4) is 0 Å². The third-order valence-corrected chi connectivity index (χ3v) is 7.17. The van der Waals surface area contributed by atoms with Gasteiger partial charge >= 0.3 is 6.18 Å². The van der Waals surface area contributed by atoms with Crippen molar-refractivity contribution in [2.24, 2.45) is 5.92 Å². The van der Waals surface area contributed by atoms with Crippen molar-refractivity contribution in [2.75, 3.05) is 52.3 Å². The van der Waals surface area contributed by atoms with Gasteiger partial charge in [-0.25, -0.2) is 4.98 Å². The molecule has 0 bridgehead atoms. The van der Waals surface area contributed by atoms with E-state index in [2.05, 4.69) is 45.4 Å². The zero-order valence-electron chi connectivity index (χ0n) is 23.7. The molecule has 2 aromatic carbocycles. The number of rotatable bonds is 9. The lowest BCUT2D eigenvalue weighted by atomic mass is 9.93. The van der Waals surface area contributed by atoms with Gasteiger partial charge in [-0.2, -0.15) is 18.4 Å². The molecule has 2 heterocycles. The number of ether oxygens (including phenoxy) is 2. The number of benzene rings is 2. The zero-order valence-corrected chi connectivity index (χ0v) is 23.7. The Bertz CT molecular complexity index is 1520. The standard InChI is InChI=1S/C30H33F3N6O3/c1-20-17-38(11-12-41-2)10-8-24(20)37-29(40)23-13-21(15-26-28(23)36-19-39(26)18-30(31,32)33)5-4-9-35-25-14-22(16-34)6-7-27(25)42-3/h6-7,13-15,19-20,24,35H,8-12,17-18H2,1-3H3,(H,37,40)/t20-,24-/m0/s1. The summed E-state index contributed by atoms with van der Waals surface area (Å²) < 4.78 is 51.3. The van der Waals surface area contributed by atoms with E-state index in [9.17, 15) is 23.2 Å². The number of hydrogen-bond acceptors (Lipinski definition) is 7. The van der Waals surface area contributed by atoms with Gasteiger partial charge in [0, 0.05) is 38.3 Å². The molecule has 3 aromatic rings. The van der Waals surface area contributed by atoms with E-state index in [0.717, 1.165) is 36.9 Å². The molecular formula is C30H33F3N6O3. The maximum absolute atomic E-state index is 13.5. The molecule has 42 heavy (non-hydrogen) atoms. The number of nitrogens with one attached hydrogen (secondary N) is 2. The van der Waals surface area contributed by atoms with Gasteiger partial charge in [-0.05, 0) is 42.7 Å². The van der Waals surface area contributed by atoms with Crippen molar-refractivity contribution in [2.45, 2.75) is 32.1 Å². The van der Waals surface area contributed by atoms with E-state index in [1.54, 1.807) is 31.4 Å². The van der Waals surface area contributed by atoms with Crippen molar-refractivity contribution >= 4 is 22.6 Å². The Morgan fingerprint density at radius 1 is 1.21 bits per heavy atom. The third-order valence-electron chi connectivity index (χ3n) is 7.17. The highest BCUT2D eigenvalue weighted by atomic mass is 19.4. The number of aromatic nitrogens is 2. The summed E-state index contributed by atoms with van der Waals surface area (Å²) in [7, 11) is 3.17. The van der Waals surface area contributed by atoms with Crippen molar-refractivity contribution in [3.05, 3.63) is 53.3 Å². The molecule has 0 aliphatic carbocycles. The Labute approximate surface area is 242 Å². The van der Waals surface area contributed by atoms with Crippen LogP contribution in [0.15, 0.2) is 36.7 Å². The molecule has 1 aromatic heterocycles. The van der Waals surface area contributed by atoms with Gasteiger partial charge in [0.1, 0.15) is 17.8 Å². The van der Waals surface area contributed by atoms with Crippen molar-refractivity contribution < 1.29 is 27.4 Å². The fourth-order valence-corrected chi connectivity index (χ4v) is 5.05. The van der Waals surface area contributed by atoms with Crippen LogP contribution in [0.2, 0.25) is 0 Å². The average Bonchev–Trinajstić information content (AvgIpc) is 3.35. The molecule has 0 saturated carbocycles. The van der Waals surface area contributed by atoms with E-state index in [1.165, 1.54) is 13.2 Å². The Balaban J connectivity index is 1.58. The summed E-state index contributed by atoms with van der Waals surface area (Å²) in [6, 6.07) is 9.97. The second-order valence-corrected chi connectivity index (χ2v) is 10.2. The Morgan fingerprint density at radius 2 is 2.02 bits per heavy atom. The average molecular weight is 583 g/mol. The number of methoxy groups -OCH3 is 2. The number of likely N-dealkylation sites (tertiary alicyclic amines) is 1. The first-order valence-corrected chi connectivity index (χ1v) is 13.5. The summed E-state index contributed by atoms with van der Waals surface area (Å²) >= 11 is 0. The number of nitriles is 1. The molecule has 0 spiro atoms. The molecule has 4 rings (SSSR count). The van der Waals surface area contributed by atoms with Crippen molar-refractivity contribution in [1.29, 1.82) is 5.26 Å². The van der Waals surface area contributed by atoms with Crippen LogP contribution >= 0.6 is 0 Å². The third kappa shape index (κ3) is 7.72. The quantitative estimate of drug-likeness (QED) is 0.367. The van der Waals surface area contributed by atoms with E-state index >= 15 is 0 Å². The molecule has 222 valence electrons. The second kappa shape index (κ2) is 13.6. The van der Waals surface area contributed by atoms with E-state index in [0.29, 0.717) is 29.2 Å². The Hall–Kier alpha value is -4.26. The number of nitrogens with zero attached hydrogens (tertiary/aromatic N) is 4. The van der Waals surface area contributed by atoms with Crippen LogP contribution in [0.4, 0.5) is 18.9 Å². The van der Waals surface area contributed by atoms with Crippen LogP contribution in [0, 0.1) is 29.1 Å². The van der Waals surface area contributed by atoms with Crippen molar-refractivity contribution in [3.63, 3.8) is 0 Å². The molecule has 12 heteroatoms. The highest BCUT2D eigenvalue weighted by Crippen LogP contribution is 2.27. The van der Waals surface area contributed by atoms with E-state index in [1.807, 2.05) is 0 Å². The number of anilines is 1. The molecule has 2 atom stereocenters. The van der Waals surface area contributed by atoms with Crippen LogP contribution in [0.5, 0.6) is 5.75 Å². The summed E-state index contributed by atoms with van der Waals surface area (Å²) in [5.74, 6) is 6.19. The predicted molar refractivity (Wildman–Crippen MR) is 152 cm³/mol. The number of halogens is 3. The van der Waals surface area contributed by atoms with Gasteiger partial charge in [-0.15, -0.1) is 0 Å². The van der Waals surface area contributed by atoms with Crippen LogP contribution < -0.4 is 15.4 Å². The first-order valence-electron chi connectivity index (χ1n) is 13.5. The minimum Gasteiger partial charge on any atom is -0.495 e. The zero-order chi connectivity index (χ0) is 30.3. The molecule has 1 saturated heterocycles. The first kappa shape index (κ1) is 30.7. The van der Waals surface area contributed by atoms with E-state index < -0.39 is 18.6 Å². The summed E-state index contributed by atoms with van der Waals surface area (Å²) in [4.78, 5) is 20.0. The molecule has 0 unspecified atom stereocenters. The molecule has 0 radical (unpaired) electrons. The highest BCUT2D eigenvalue weighted by Gasteiger charge is 2.31. The van der Waals surface area contributed by atoms with Gasteiger partial charge in [-0.1, -0.05) is 18.8 Å². The molecule has 1 aliphatic heterocycles. The fraction of sp³-hybridized carbons (Fsp3) is 0.433. The number of amides is 1. The minimum absolute atomic E-state index is 0.0956. The fourth-order valence-electron chi connectivity index (χ4n) is 5.05. The van der Waals surface area contributed by atoms with Crippen LogP contribution in [-0.4, -0.2) is 79.6 Å². The maximum atomic E-state index is 13.5. The lowest BCUT2D eigenvalue weighted by Gasteiger charge is -2.37. The number of carbonyl (C=O) groups excluding carboxylic acids is 1. The largest absolute Gasteiger partial charge is 0.495 e. The molecule has 1 amide bonds. The summed E-state index contributed by atoms with van der Waals surface area (Å²) in [6.45, 7) is 4.02. The van der Waals surface area contributed by atoms with E-state index in [4.69, 9.17) is 9.47 Å². The van der Waals surface area contributed by atoms with Gasteiger partial charge in [0.25, 0.3) is 5.91 Å². The topological polar surface area (TPSA) is 104 Å². The summed E-state index contributed by atoms with van der Waals surface area (Å²) in [5.41, 5.74) is 1.92. The lowest BCUT2D eigenvalue weighted by Crippen LogP contribution is -2.50. The van der Waals surface area contributed by atoms with Gasteiger partial charge in [-0.3, -0.25) is 4.79 Å². The van der Waals surface area contributed by atoms with Gasteiger partial charge < -0.3 is 29.6 Å².